The summed E-state index contributed by atoms with van der Waals surface area (Å²) in [5, 5.41) is 0. The van der Waals surface area contributed by atoms with E-state index in [0.717, 1.165) is 11.3 Å². The number of hydrogen-bond acceptors (Lipinski definition) is 4. The number of ether oxygens (including phenoxy) is 1. The summed E-state index contributed by atoms with van der Waals surface area (Å²) in [7, 11) is -3.52. The maximum absolute atomic E-state index is 12.2. The lowest BCUT2D eigenvalue weighted by Crippen LogP contribution is -2.24. The van der Waals surface area contributed by atoms with E-state index in [2.05, 4.69) is 4.72 Å². The average molecular weight is 373 g/mol. The van der Waals surface area contributed by atoms with Gasteiger partial charge in [0.25, 0.3) is 0 Å². The van der Waals surface area contributed by atoms with Crippen LogP contribution in [0.2, 0.25) is 0 Å². The normalized spacial score (nSPS) is 11.6. The van der Waals surface area contributed by atoms with Crippen LogP contribution in [0.15, 0.2) is 59.5 Å². The molecule has 0 radical (unpaired) electrons. The minimum absolute atomic E-state index is 0.151. The van der Waals surface area contributed by atoms with Crippen molar-refractivity contribution in [2.45, 2.75) is 25.2 Å². The van der Waals surface area contributed by atoms with E-state index in [-0.39, 0.29) is 10.7 Å². The van der Waals surface area contributed by atoms with Crippen LogP contribution in [0.4, 0.5) is 0 Å². The molecule has 1 N–H and O–H groups in total. The van der Waals surface area contributed by atoms with Crippen molar-refractivity contribution in [3.8, 4) is 5.75 Å². The van der Waals surface area contributed by atoms with Gasteiger partial charge in [-0.1, -0.05) is 25.1 Å². The molecule has 0 saturated carbocycles. The number of nitrogens with one attached hydrogen (secondary N) is 1. The van der Waals surface area contributed by atoms with Gasteiger partial charge in [-0.15, -0.1) is 0 Å². The fraction of sp³-hybridized carbons (Fsp3) is 0.250. The monoisotopic (exact) mass is 373 g/mol. The highest BCUT2D eigenvalue weighted by atomic mass is 32.2. The van der Waals surface area contributed by atoms with Crippen molar-refractivity contribution in [1.82, 2.24) is 4.72 Å². The van der Waals surface area contributed by atoms with E-state index in [1.165, 1.54) is 30.3 Å². The molecule has 0 heterocycles. The molecule has 2 rings (SSSR count). The molecule has 6 heteroatoms. The minimum Gasteiger partial charge on any atom is -0.494 e. The Morgan fingerprint density at radius 1 is 1.04 bits per heavy atom. The van der Waals surface area contributed by atoms with Gasteiger partial charge in [0.1, 0.15) is 5.75 Å². The van der Waals surface area contributed by atoms with Gasteiger partial charge in [0.2, 0.25) is 10.0 Å². The van der Waals surface area contributed by atoms with Crippen molar-refractivity contribution in [3.05, 3.63) is 65.7 Å². The summed E-state index contributed by atoms with van der Waals surface area (Å²) in [5.74, 6) is 0.591. The summed E-state index contributed by atoms with van der Waals surface area (Å²) in [4.78, 5) is 12.4. The van der Waals surface area contributed by atoms with Gasteiger partial charge in [-0.25, -0.2) is 13.1 Å². The van der Waals surface area contributed by atoms with E-state index in [1.807, 2.05) is 38.1 Å². The fourth-order valence-corrected chi connectivity index (χ4v) is 3.36. The van der Waals surface area contributed by atoms with Crippen molar-refractivity contribution < 1.29 is 17.9 Å². The molecule has 0 amide bonds. The smallest absolute Gasteiger partial charge is 0.240 e. The number of allylic oxidation sites excluding steroid dienone is 1. The second-order valence-corrected chi connectivity index (χ2v) is 7.39. The molecule has 138 valence electrons. The van der Waals surface area contributed by atoms with Crippen LogP contribution in [-0.2, 0) is 10.0 Å². The molecular weight excluding hydrogens is 350 g/mol. The molecule has 5 nitrogen and oxygen atoms in total. The van der Waals surface area contributed by atoms with Crippen molar-refractivity contribution in [1.29, 1.82) is 0 Å². The van der Waals surface area contributed by atoms with Gasteiger partial charge in [-0.2, -0.15) is 0 Å². The van der Waals surface area contributed by atoms with Gasteiger partial charge in [0.05, 0.1) is 11.5 Å². The van der Waals surface area contributed by atoms with Crippen LogP contribution in [0.1, 0.15) is 36.2 Å². The Labute approximate surface area is 154 Å². The zero-order valence-electron chi connectivity index (χ0n) is 14.9. The Morgan fingerprint density at radius 2 is 1.69 bits per heavy atom. The van der Waals surface area contributed by atoms with E-state index >= 15 is 0 Å². The van der Waals surface area contributed by atoms with E-state index in [1.54, 1.807) is 6.08 Å². The maximum Gasteiger partial charge on any atom is 0.240 e. The van der Waals surface area contributed by atoms with E-state index < -0.39 is 10.0 Å². The topological polar surface area (TPSA) is 72.5 Å². The number of sulfonamides is 1. The Morgan fingerprint density at radius 3 is 2.27 bits per heavy atom. The fourth-order valence-electron chi connectivity index (χ4n) is 2.23. The van der Waals surface area contributed by atoms with Crippen LogP contribution in [0.25, 0.3) is 6.08 Å². The molecule has 0 aliphatic carbocycles. The number of benzene rings is 2. The maximum atomic E-state index is 12.2. The molecule has 0 aliphatic heterocycles. The molecule has 0 spiro atoms. The number of hydrogen-bond donors (Lipinski definition) is 1. The van der Waals surface area contributed by atoms with Gasteiger partial charge >= 0.3 is 0 Å². The Balaban J connectivity index is 2.05. The first kappa shape index (κ1) is 19.9. The largest absolute Gasteiger partial charge is 0.494 e. The van der Waals surface area contributed by atoms with Crippen LogP contribution in [0.5, 0.6) is 5.75 Å². The van der Waals surface area contributed by atoms with Gasteiger partial charge in [0.15, 0.2) is 5.78 Å². The van der Waals surface area contributed by atoms with Gasteiger partial charge in [-0.05, 0) is 61.4 Å². The lowest BCUT2D eigenvalue weighted by molar-refractivity contribution is 0.104. The van der Waals surface area contributed by atoms with Gasteiger partial charge < -0.3 is 4.74 Å². The van der Waals surface area contributed by atoms with E-state index in [9.17, 15) is 13.2 Å². The van der Waals surface area contributed by atoms with Crippen molar-refractivity contribution in [2.75, 3.05) is 13.2 Å². The molecule has 0 unspecified atom stereocenters. The third kappa shape index (κ3) is 5.54. The summed E-state index contributed by atoms with van der Waals surface area (Å²) < 4.78 is 31.9. The first-order chi connectivity index (χ1) is 12.5. The molecule has 26 heavy (non-hydrogen) atoms. The molecule has 0 saturated heterocycles. The summed E-state index contributed by atoms with van der Waals surface area (Å²) in [6.07, 6.45) is 3.90. The highest BCUT2D eigenvalue weighted by Gasteiger charge is 2.13. The molecule has 0 atom stereocenters. The summed E-state index contributed by atoms with van der Waals surface area (Å²) >= 11 is 0. The first-order valence-electron chi connectivity index (χ1n) is 8.51. The predicted molar refractivity (Wildman–Crippen MR) is 103 cm³/mol. The van der Waals surface area contributed by atoms with Crippen LogP contribution in [0.3, 0.4) is 0 Å². The zero-order chi connectivity index (χ0) is 19.0. The Kier molecular flexibility index (Phi) is 7.12. The second kappa shape index (κ2) is 9.31. The SMILES string of the molecule is CCCNS(=O)(=O)c1ccc(C(=O)C=Cc2ccc(OCC)cc2)cc1. The molecule has 0 aromatic heterocycles. The van der Waals surface area contributed by atoms with Gasteiger partial charge in [0, 0.05) is 12.1 Å². The van der Waals surface area contributed by atoms with Crippen molar-refractivity contribution in [3.63, 3.8) is 0 Å². The van der Waals surface area contributed by atoms with E-state index in [0.29, 0.717) is 25.1 Å². The van der Waals surface area contributed by atoms with Crippen LogP contribution in [-0.4, -0.2) is 27.4 Å². The molecule has 0 aliphatic rings. The predicted octanol–water partition coefficient (Wildman–Crippen LogP) is 3.67. The van der Waals surface area contributed by atoms with Crippen LogP contribution < -0.4 is 9.46 Å². The average Bonchev–Trinajstić information content (AvgIpc) is 2.66. The third-order valence-corrected chi connectivity index (χ3v) is 5.09. The number of carbonyl (C=O) groups is 1. The molecule has 0 fully saturated rings. The lowest BCUT2D eigenvalue weighted by atomic mass is 10.1. The molecule has 2 aromatic rings. The van der Waals surface area contributed by atoms with Crippen LogP contribution in [0, 0.1) is 0 Å². The highest BCUT2D eigenvalue weighted by Crippen LogP contribution is 2.15. The highest BCUT2D eigenvalue weighted by molar-refractivity contribution is 7.89. The van der Waals surface area contributed by atoms with Crippen LogP contribution >= 0.6 is 0 Å². The second-order valence-electron chi connectivity index (χ2n) is 5.62. The summed E-state index contributed by atoms with van der Waals surface area (Å²) in [5.41, 5.74) is 1.31. The zero-order valence-corrected chi connectivity index (χ0v) is 15.8. The van der Waals surface area contributed by atoms with Gasteiger partial charge in [-0.3, -0.25) is 4.79 Å². The first-order valence-corrected chi connectivity index (χ1v) is 9.99. The molecule has 2 aromatic carbocycles. The number of carbonyl (C=O) groups excluding carboxylic acids is 1. The third-order valence-electron chi connectivity index (χ3n) is 3.61. The number of rotatable bonds is 9. The molecule has 0 bridgehead atoms. The summed E-state index contributed by atoms with van der Waals surface area (Å²) in [6.45, 7) is 4.80. The summed E-state index contributed by atoms with van der Waals surface area (Å²) in [6, 6.07) is 13.3. The number of ketones is 1. The standard InChI is InChI=1S/C20H23NO4S/c1-3-15-21-26(23,24)19-12-8-17(9-13-19)20(22)14-7-16-5-10-18(11-6-16)25-4-2/h5-14,21H,3-4,15H2,1-2H3. The molecular formula is C20H23NO4S. The Hall–Kier alpha value is -2.44. The quantitative estimate of drug-likeness (QED) is 0.538. The lowest BCUT2D eigenvalue weighted by Gasteiger charge is -2.06. The Bertz CT molecular complexity index is 854. The van der Waals surface area contributed by atoms with Crippen molar-refractivity contribution in [2.24, 2.45) is 0 Å². The van der Waals surface area contributed by atoms with E-state index in [4.69, 9.17) is 4.74 Å². The van der Waals surface area contributed by atoms with Crippen molar-refractivity contribution >= 4 is 21.9 Å². The minimum atomic E-state index is -3.52.